The first kappa shape index (κ1) is 7.93. The first-order chi connectivity index (χ1) is 3.68. The van der Waals surface area contributed by atoms with Crippen LogP contribution in [0.15, 0.2) is 0 Å². The molecule has 0 aliphatic heterocycles. The summed E-state index contributed by atoms with van der Waals surface area (Å²) in [6.07, 6.45) is 0.260. The highest BCUT2D eigenvalue weighted by atomic mass is 35.7. The summed E-state index contributed by atoms with van der Waals surface area (Å²) < 4.78 is 10.3. The topological polar surface area (TPSA) is 40.9 Å². The third kappa shape index (κ3) is 3.00. The van der Waals surface area contributed by atoms with Gasteiger partial charge in [0.1, 0.15) is 10.0 Å². The minimum atomic E-state index is -1.36. The standard InChI is InChI=1S/C4H6ClNOS/c1-4(2-3-6)8(5)7/h4H,2H2,1H3. The summed E-state index contributed by atoms with van der Waals surface area (Å²) >= 11 is 0. The molecule has 0 aliphatic rings. The summed E-state index contributed by atoms with van der Waals surface area (Å²) in [4.78, 5) is 0. The summed E-state index contributed by atoms with van der Waals surface area (Å²) in [7, 11) is 3.77. The molecule has 0 fully saturated rings. The predicted molar refractivity (Wildman–Crippen MR) is 33.7 cm³/mol. The zero-order valence-electron chi connectivity index (χ0n) is 4.43. The fourth-order valence-corrected chi connectivity index (χ4v) is 0.589. The number of nitriles is 1. The third-order valence-electron chi connectivity index (χ3n) is 0.695. The summed E-state index contributed by atoms with van der Waals surface area (Å²) in [5, 5.41) is 7.84. The molecule has 0 rings (SSSR count). The van der Waals surface area contributed by atoms with Crippen LogP contribution in [0, 0.1) is 11.3 Å². The van der Waals surface area contributed by atoms with E-state index in [0.29, 0.717) is 0 Å². The van der Waals surface area contributed by atoms with Gasteiger partial charge in [-0.15, -0.1) is 0 Å². The summed E-state index contributed by atoms with van der Waals surface area (Å²) in [6.45, 7) is 1.67. The first-order valence-electron chi connectivity index (χ1n) is 2.12. The zero-order chi connectivity index (χ0) is 6.57. The highest BCUT2D eigenvalue weighted by Gasteiger charge is 2.05. The van der Waals surface area contributed by atoms with Crippen molar-refractivity contribution in [2.45, 2.75) is 18.6 Å². The molecular weight excluding hydrogens is 146 g/mol. The van der Waals surface area contributed by atoms with Crippen LogP contribution >= 0.6 is 10.7 Å². The van der Waals surface area contributed by atoms with Crippen molar-refractivity contribution in [2.24, 2.45) is 0 Å². The van der Waals surface area contributed by atoms with Gasteiger partial charge in [-0.2, -0.15) is 5.26 Å². The molecule has 0 bridgehead atoms. The Morgan fingerprint density at radius 2 is 2.50 bits per heavy atom. The van der Waals surface area contributed by atoms with E-state index in [9.17, 15) is 4.21 Å². The van der Waals surface area contributed by atoms with Crippen LogP contribution in [0.3, 0.4) is 0 Å². The molecule has 0 aromatic heterocycles. The van der Waals surface area contributed by atoms with Crippen LogP contribution in [0.4, 0.5) is 0 Å². The molecule has 0 amide bonds. The average Bonchev–Trinajstić information content (AvgIpc) is 1.67. The van der Waals surface area contributed by atoms with Gasteiger partial charge in [0.25, 0.3) is 0 Å². The van der Waals surface area contributed by atoms with Gasteiger partial charge >= 0.3 is 0 Å². The van der Waals surface area contributed by atoms with Crippen LogP contribution in [0.1, 0.15) is 13.3 Å². The normalized spacial score (nSPS) is 16.6. The van der Waals surface area contributed by atoms with Gasteiger partial charge < -0.3 is 0 Å². The highest BCUT2D eigenvalue weighted by Crippen LogP contribution is 2.02. The molecular formula is C4H6ClNOS. The maximum atomic E-state index is 10.3. The van der Waals surface area contributed by atoms with Crippen molar-refractivity contribution >= 4 is 20.7 Å². The highest BCUT2D eigenvalue weighted by molar-refractivity contribution is 8.08. The van der Waals surface area contributed by atoms with E-state index in [4.69, 9.17) is 15.9 Å². The average molecular weight is 152 g/mol. The molecule has 0 aromatic rings. The van der Waals surface area contributed by atoms with E-state index < -0.39 is 10.0 Å². The van der Waals surface area contributed by atoms with E-state index >= 15 is 0 Å². The molecule has 0 radical (unpaired) electrons. The fraction of sp³-hybridized carbons (Fsp3) is 0.750. The molecule has 0 heterocycles. The maximum Gasteiger partial charge on any atom is 0.118 e. The molecule has 0 spiro atoms. The Bertz CT molecular complexity index is 130. The van der Waals surface area contributed by atoms with Gasteiger partial charge in [-0.3, -0.25) is 0 Å². The lowest BCUT2D eigenvalue weighted by molar-refractivity contribution is 0.683. The molecule has 4 heteroatoms. The van der Waals surface area contributed by atoms with Crippen molar-refractivity contribution in [3.05, 3.63) is 0 Å². The minimum absolute atomic E-state index is 0.207. The Morgan fingerprint density at radius 3 is 2.62 bits per heavy atom. The molecule has 0 N–H and O–H groups in total. The molecule has 0 saturated heterocycles. The molecule has 0 aromatic carbocycles. The zero-order valence-corrected chi connectivity index (χ0v) is 6.00. The Labute approximate surface area is 55.4 Å². The predicted octanol–water partition coefficient (Wildman–Crippen LogP) is 1.19. The van der Waals surface area contributed by atoms with Gasteiger partial charge in [-0.1, -0.05) is 0 Å². The Morgan fingerprint density at radius 1 is 2.00 bits per heavy atom. The van der Waals surface area contributed by atoms with Crippen molar-refractivity contribution in [1.29, 1.82) is 5.26 Å². The molecule has 46 valence electrons. The van der Waals surface area contributed by atoms with Gasteiger partial charge in [0.2, 0.25) is 0 Å². The smallest absolute Gasteiger partial charge is 0.118 e. The van der Waals surface area contributed by atoms with Crippen molar-refractivity contribution in [3.63, 3.8) is 0 Å². The van der Waals surface area contributed by atoms with Crippen LogP contribution < -0.4 is 0 Å². The molecule has 2 atom stereocenters. The molecule has 2 nitrogen and oxygen atoms in total. The van der Waals surface area contributed by atoms with Gasteiger partial charge in [0.05, 0.1) is 17.7 Å². The maximum absolute atomic E-state index is 10.3. The minimum Gasteiger partial charge on any atom is -0.242 e. The van der Waals surface area contributed by atoms with E-state index in [1.807, 2.05) is 6.07 Å². The van der Waals surface area contributed by atoms with Crippen LogP contribution in [0.25, 0.3) is 0 Å². The van der Waals surface area contributed by atoms with Crippen molar-refractivity contribution in [3.8, 4) is 6.07 Å². The first-order valence-corrected chi connectivity index (χ1v) is 4.16. The number of hydrogen-bond acceptors (Lipinski definition) is 2. The van der Waals surface area contributed by atoms with E-state index in [2.05, 4.69) is 0 Å². The van der Waals surface area contributed by atoms with Gasteiger partial charge in [-0.05, 0) is 17.6 Å². The lowest BCUT2D eigenvalue weighted by atomic mass is 10.4. The van der Waals surface area contributed by atoms with Gasteiger partial charge in [0.15, 0.2) is 0 Å². The second-order valence-corrected chi connectivity index (χ2v) is 3.63. The third-order valence-corrected chi connectivity index (χ3v) is 2.41. The number of nitrogens with zero attached hydrogens (tertiary/aromatic N) is 1. The second kappa shape index (κ2) is 3.88. The van der Waals surface area contributed by atoms with Crippen LogP contribution in [0.2, 0.25) is 0 Å². The number of halogens is 1. The van der Waals surface area contributed by atoms with Crippen molar-refractivity contribution in [2.75, 3.05) is 0 Å². The summed E-state index contributed by atoms with van der Waals surface area (Å²) in [5.74, 6) is 0. The number of hydrogen-bond donors (Lipinski definition) is 0. The van der Waals surface area contributed by atoms with E-state index in [1.165, 1.54) is 0 Å². The van der Waals surface area contributed by atoms with E-state index in [0.717, 1.165) is 0 Å². The SMILES string of the molecule is CC(CC#N)S(=O)Cl. The van der Waals surface area contributed by atoms with Gasteiger partial charge in [-0.25, -0.2) is 4.21 Å². The quantitative estimate of drug-likeness (QED) is 0.557. The fourth-order valence-electron chi connectivity index (χ4n) is 0.194. The lowest BCUT2D eigenvalue weighted by Gasteiger charge is -1.95. The summed E-state index contributed by atoms with van der Waals surface area (Å²) in [6, 6.07) is 1.87. The van der Waals surface area contributed by atoms with E-state index in [1.54, 1.807) is 6.92 Å². The second-order valence-electron chi connectivity index (χ2n) is 1.42. The van der Waals surface area contributed by atoms with Crippen molar-refractivity contribution in [1.82, 2.24) is 0 Å². The largest absolute Gasteiger partial charge is 0.242 e. The Kier molecular flexibility index (Phi) is 3.84. The van der Waals surface area contributed by atoms with Crippen molar-refractivity contribution < 1.29 is 4.21 Å². The Balaban J connectivity index is 3.52. The summed E-state index contributed by atoms with van der Waals surface area (Å²) in [5.41, 5.74) is 0. The monoisotopic (exact) mass is 151 g/mol. The molecule has 0 aliphatic carbocycles. The van der Waals surface area contributed by atoms with Crippen LogP contribution in [-0.2, 0) is 10.0 Å². The molecule has 8 heavy (non-hydrogen) atoms. The lowest BCUT2D eigenvalue weighted by Crippen LogP contribution is -2.02. The van der Waals surface area contributed by atoms with Gasteiger partial charge in [0, 0.05) is 0 Å². The Hall–Kier alpha value is -0.0700. The van der Waals surface area contributed by atoms with Crippen LogP contribution in [-0.4, -0.2) is 9.46 Å². The van der Waals surface area contributed by atoms with E-state index in [-0.39, 0.29) is 11.7 Å². The molecule has 2 unspecified atom stereocenters. The van der Waals surface area contributed by atoms with Crippen LogP contribution in [0.5, 0.6) is 0 Å². The molecule has 0 saturated carbocycles. The number of rotatable bonds is 2.